The molecule has 4 heteroatoms. The number of phenolic OH excluding ortho intramolecular Hbond substituents is 4. The molecule has 0 bridgehead atoms. The molecule has 6 aromatic rings. The number of hydrogen-bond acceptors (Lipinski definition) is 4. The molecule has 0 aliphatic carbocycles. The molecule has 6 aromatic carbocycles. The number of hydrogen-bond donors (Lipinski definition) is 4. The SMILES string of the molecule is Oc1c2ccccc2c(O)c2ccccc12.Oc1c2ccccc2c(O)c2ccccc12. The van der Waals surface area contributed by atoms with E-state index in [-0.39, 0.29) is 23.0 Å². The Bertz CT molecular complexity index is 1260. The lowest BCUT2D eigenvalue weighted by atomic mass is 10.0. The lowest BCUT2D eigenvalue weighted by molar-refractivity contribution is 0.478. The van der Waals surface area contributed by atoms with Gasteiger partial charge >= 0.3 is 0 Å². The number of aromatic hydroxyl groups is 4. The highest BCUT2D eigenvalue weighted by Crippen LogP contribution is 2.41. The summed E-state index contributed by atoms with van der Waals surface area (Å²) in [7, 11) is 0. The molecule has 0 fully saturated rings. The first-order valence-electron chi connectivity index (χ1n) is 10.2. The predicted molar refractivity (Wildman–Crippen MR) is 130 cm³/mol. The molecular weight excluding hydrogens is 400 g/mol. The molecule has 0 aliphatic rings. The third-order valence-electron chi connectivity index (χ3n) is 5.75. The Labute approximate surface area is 183 Å². The Morgan fingerprint density at radius 2 is 0.375 bits per heavy atom. The average molecular weight is 420 g/mol. The monoisotopic (exact) mass is 420 g/mol. The highest BCUT2D eigenvalue weighted by Gasteiger charge is 2.12. The van der Waals surface area contributed by atoms with E-state index in [1.54, 1.807) is 48.5 Å². The minimum atomic E-state index is 0.226. The van der Waals surface area contributed by atoms with Gasteiger partial charge in [-0.1, -0.05) is 97.1 Å². The molecule has 4 nitrogen and oxygen atoms in total. The van der Waals surface area contributed by atoms with Gasteiger partial charge in [0.2, 0.25) is 0 Å². The molecule has 0 saturated heterocycles. The van der Waals surface area contributed by atoms with Crippen LogP contribution in [-0.2, 0) is 0 Å². The average Bonchev–Trinajstić information content (AvgIpc) is 2.86. The van der Waals surface area contributed by atoms with Crippen LogP contribution in [0.3, 0.4) is 0 Å². The van der Waals surface area contributed by atoms with Crippen molar-refractivity contribution < 1.29 is 20.4 Å². The minimum absolute atomic E-state index is 0.226. The zero-order chi connectivity index (χ0) is 22.2. The van der Waals surface area contributed by atoms with Crippen molar-refractivity contribution in [1.29, 1.82) is 0 Å². The van der Waals surface area contributed by atoms with E-state index in [9.17, 15) is 20.4 Å². The van der Waals surface area contributed by atoms with E-state index in [0.717, 1.165) is 0 Å². The highest BCUT2D eigenvalue weighted by atomic mass is 16.3. The summed E-state index contributed by atoms with van der Waals surface area (Å²) in [5.41, 5.74) is 0. The van der Waals surface area contributed by atoms with E-state index in [1.807, 2.05) is 48.5 Å². The first-order chi connectivity index (χ1) is 15.6. The van der Waals surface area contributed by atoms with E-state index in [4.69, 9.17) is 0 Å². The maximum atomic E-state index is 10.1. The van der Waals surface area contributed by atoms with Crippen LogP contribution in [0.1, 0.15) is 0 Å². The smallest absolute Gasteiger partial charge is 0.131 e. The van der Waals surface area contributed by atoms with Crippen molar-refractivity contribution in [3.63, 3.8) is 0 Å². The van der Waals surface area contributed by atoms with Gasteiger partial charge in [-0.05, 0) is 0 Å². The van der Waals surface area contributed by atoms with Crippen LogP contribution in [0.4, 0.5) is 0 Å². The van der Waals surface area contributed by atoms with Gasteiger partial charge < -0.3 is 20.4 Å². The molecule has 32 heavy (non-hydrogen) atoms. The lowest BCUT2D eigenvalue weighted by Crippen LogP contribution is -1.80. The molecule has 0 aromatic heterocycles. The Kier molecular flexibility index (Phi) is 4.68. The van der Waals surface area contributed by atoms with Crippen molar-refractivity contribution in [3.05, 3.63) is 97.1 Å². The molecule has 0 atom stereocenters. The van der Waals surface area contributed by atoms with Gasteiger partial charge in [0.1, 0.15) is 23.0 Å². The Hall–Kier alpha value is -4.44. The topological polar surface area (TPSA) is 80.9 Å². The van der Waals surface area contributed by atoms with Crippen LogP contribution < -0.4 is 0 Å². The van der Waals surface area contributed by atoms with Crippen LogP contribution in [0.25, 0.3) is 43.1 Å². The first kappa shape index (κ1) is 19.5. The van der Waals surface area contributed by atoms with Gasteiger partial charge in [0, 0.05) is 43.1 Å². The van der Waals surface area contributed by atoms with Crippen LogP contribution in [0, 0.1) is 0 Å². The van der Waals surface area contributed by atoms with Crippen LogP contribution in [0.5, 0.6) is 23.0 Å². The predicted octanol–water partition coefficient (Wildman–Crippen LogP) is 6.81. The second kappa shape index (κ2) is 7.67. The molecule has 0 amide bonds. The van der Waals surface area contributed by atoms with E-state index >= 15 is 0 Å². The molecule has 6 rings (SSSR count). The van der Waals surface area contributed by atoms with E-state index in [1.165, 1.54) is 0 Å². The second-order valence-electron chi connectivity index (χ2n) is 7.58. The van der Waals surface area contributed by atoms with Crippen LogP contribution >= 0.6 is 0 Å². The zero-order valence-corrected chi connectivity index (χ0v) is 17.0. The summed E-state index contributed by atoms with van der Waals surface area (Å²) in [5, 5.41) is 45.9. The van der Waals surface area contributed by atoms with Crippen molar-refractivity contribution in [2.75, 3.05) is 0 Å². The Balaban J connectivity index is 0.000000135. The summed E-state index contributed by atoms with van der Waals surface area (Å²) >= 11 is 0. The number of fused-ring (bicyclic) bond motifs is 4. The normalized spacial score (nSPS) is 11.0. The van der Waals surface area contributed by atoms with Gasteiger partial charge in [-0.15, -0.1) is 0 Å². The standard InChI is InChI=1S/2C14H10O2/c2*15-13-9-5-1-2-6-10(9)14(16)12-8-4-3-7-11(12)13/h2*1-8,15-16H. The quantitative estimate of drug-likeness (QED) is 0.161. The van der Waals surface area contributed by atoms with Gasteiger partial charge in [-0.3, -0.25) is 0 Å². The van der Waals surface area contributed by atoms with Crippen LogP contribution in [-0.4, -0.2) is 20.4 Å². The van der Waals surface area contributed by atoms with Gasteiger partial charge in [-0.2, -0.15) is 0 Å². The zero-order valence-electron chi connectivity index (χ0n) is 17.0. The molecule has 0 heterocycles. The van der Waals surface area contributed by atoms with Gasteiger partial charge in [0.15, 0.2) is 0 Å². The minimum Gasteiger partial charge on any atom is -0.507 e. The highest BCUT2D eigenvalue weighted by molar-refractivity contribution is 6.11. The maximum absolute atomic E-state index is 10.1. The fourth-order valence-electron chi connectivity index (χ4n) is 4.16. The maximum Gasteiger partial charge on any atom is 0.131 e. The van der Waals surface area contributed by atoms with Crippen LogP contribution in [0.2, 0.25) is 0 Å². The van der Waals surface area contributed by atoms with Gasteiger partial charge in [-0.25, -0.2) is 0 Å². The number of rotatable bonds is 0. The summed E-state index contributed by atoms with van der Waals surface area (Å²) < 4.78 is 0. The first-order valence-corrected chi connectivity index (χ1v) is 10.2. The van der Waals surface area contributed by atoms with Gasteiger partial charge in [0.05, 0.1) is 0 Å². The molecular formula is C28H20O4. The fraction of sp³-hybridized carbons (Fsp3) is 0. The second-order valence-corrected chi connectivity index (χ2v) is 7.58. The van der Waals surface area contributed by atoms with Gasteiger partial charge in [0.25, 0.3) is 0 Å². The largest absolute Gasteiger partial charge is 0.507 e. The molecule has 0 radical (unpaired) electrons. The van der Waals surface area contributed by atoms with E-state index in [2.05, 4.69) is 0 Å². The summed E-state index contributed by atoms with van der Waals surface area (Å²) in [6, 6.07) is 29.2. The van der Waals surface area contributed by atoms with Crippen molar-refractivity contribution >= 4 is 43.1 Å². The molecule has 156 valence electrons. The number of benzene rings is 6. The number of phenols is 4. The third kappa shape index (κ3) is 3.01. The van der Waals surface area contributed by atoms with E-state index in [0.29, 0.717) is 43.1 Å². The van der Waals surface area contributed by atoms with Crippen molar-refractivity contribution in [3.8, 4) is 23.0 Å². The Morgan fingerprint density at radius 3 is 0.500 bits per heavy atom. The molecule has 0 aliphatic heterocycles. The summed E-state index contributed by atoms with van der Waals surface area (Å²) in [6.45, 7) is 0. The summed E-state index contributed by atoms with van der Waals surface area (Å²) in [6.07, 6.45) is 0. The molecule has 4 N–H and O–H groups in total. The summed E-state index contributed by atoms with van der Waals surface area (Å²) in [5.74, 6) is 0.904. The Morgan fingerprint density at radius 1 is 0.250 bits per heavy atom. The van der Waals surface area contributed by atoms with Crippen molar-refractivity contribution in [2.24, 2.45) is 0 Å². The van der Waals surface area contributed by atoms with Crippen molar-refractivity contribution in [2.45, 2.75) is 0 Å². The third-order valence-corrected chi connectivity index (χ3v) is 5.75. The fourth-order valence-corrected chi connectivity index (χ4v) is 4.16. The molecule has 0 saturated carbocycles. The lowest BCUT2D eigenvalue weighted by Gasteiger charge is -2.08. The van der Waals surface area contributed by atoms with E-state index < -0.39 is 0 Å². The summed E-state index contributed by atoms with van der Waals surface area (Å²) in [4.78, 5) is 0. The molecule has 0 spiro atoms. The molecule has 0 unspecified atom stereocenters. The van der Waals surface area contributed by atoms with Crippen molar-refractivity contribution in [1.82, 2.24) is 0 Å². The van der Waals surface area contributed by atoms with Crippen LogP contribution in [0.15, 0.2) is 97.1 Å².